The highest BCUT2D eigenvalue weighted by Gasteiger charge is 2.21. The Bertz CT molecular complexity index is 467. The molecule has 0 aromatic carbocycles. The molecule has 0 fully saturated rings. The molecule has 2 atom stereocenters. The van der Waals surface area contributed by atoms with E-state index in [0.717, 1.165) is 18.7 Å². The molecule has 2 heterocycles. The van der Waals surface area contributed by atoms with Crippen molar-refractivity contribution in [2.75, 3.05) is 13.6 Å². The van der Waals surface area contributed by atoms with E-state index in [4.69, 9.17) is 5.73 Å². The fourth-order valence-electron chi connectivity index (χ4n) is 2.33. The molecule has 4 heteroatoms. The number of nitrogens with two attached hydrogens (primary N) is 1. The second kappa shape index (κ2) is 6.80. The van der Waals surface area contributed by atoms with E-state index >= 15 is 0 Å². The van der Waals surface area contributed by atoms with E-state index in [9.17, 15) is 0 Å². The first kappa shape index (κ1) is 14.2. The number of hydrogen-bond acceptors (Lipinski definition) is 4. The first-order valence-corrected chi connectivity index (χ1v) is 7.45. The third-order valence-corrected chi connectivity index (χ3v) is 4.19. The van der Waals surface area contributed by atoms with Gasteiger partial charge in [-0.3, -0.25) is 9.88 Å². The summed E-state index contributed by atoms with van der Waals surface area (Å²) in [5.41, 5.74) is 7.19. The lowest BCUT2D eigenvalue weighted by molar-refractivity contribution is 0.217. The number of thiophene rings is 1. The number of rotatable bonds is 6. The molecule has 3 nitrogen and oxygen atoms in total. The van der Waals surface area contributed by atoms with Gasteiger partial charge in [0.25, 0.3) is 0 Å². The topological polar surface area (TPSA) is 42.1 Å². The Morgan fingerprint density at radius 1 is 1.32 bits per heavy atom. The summed E-state index contributed by atoms with van der Waals surface area (Å²) in [6.07, 6.45) is 2.89. The Hall–Kier alpha value is -1.23. The zero-order valence-electron chi connectivity index (χ0n) is 11.5. The SMILES string of the molecule is CC(N)C(c1ccccn1)N(C)CCc1cccs1. The molecule has 0 saturated heterocycles. The van der Waals surface area contributed by atoms with Gasteiger partial charge in [-0.05, 0) is 44.0 Å². The highest BCUT2D eigenvalue weighted by Crippen LogP contribution is 2.21. The lowest BCUT2D eigenvalue weighted by Gasteiger charge is -2.30. The van der Waals surface area contributed by atoms with Gasteiger partial charge in [0.1, 0.15) is 0 Å². The fourth-order valence-corrected chi connectivity index (χ4v) is 3.03. The summed E-state index contributed by atoms with van der Waals surface area (Å²) in [5, 5.41) is 2.12. The number of pyridine rings is 1. The zero-order valence-corrected chi connectivity index (χ0v) is 12.3. The summed E-state index contributed by atoms with van der Waals surface area (Å²) in [6.45, 7) is 3.03. The van der Waals surface area contributed by atoms with Crippen molar-refractivity contribution in [2.45, 2.75) is 25.4 Å². The number of hydrogen-bond donors (Lipinski definition) is 1. The summed E-state index contributed by atoms with van der Waals surface area (Å²) in [4.78, 5) is 8.16. The van der Waals surface area contributed by atoms with Gasteiger partial charge in [-0.15, -0.1) is 11.3 Å². The Morgan fingerprint density at radius 3 is 2.74 bits per heavy atom. The van der Waals surface area contributed by atoms with E-state index in [1.165, 1.54) is 4.88 Å². The number of aromatic nitrogens is 1. The van der Waals surface area contributed by atoms with Crippen LogP contribution in [-0.4, -0.2) is 29.5 Å². The van der Waals surface area contributed by atoms with Crippen LogP contribution in [0.3, 0.4) is 0 Å². The molecule has 2 unspecified atom stereocenters. The molecule has 0 aliphatic rings. The van der Waals surface area contributed by atoms with Crippen LogP contribution in [0.25, 0.3) is 0 Å². The van der Waals surface area contributed by atoms with Gasteiger partial charge >= 0.3 is 0 Å². The molecule has 0 saturated carbocycles. The van der Waals surface area contributed by atoms with Crippen LogP contribution in [0.2, 0.25) is 0 Å². The van der Waals surface area contributed by atoms with Crippen LogP contribution >= 0.6 is 11.3 Å². The van der Waals surface area contributed by atoms with Crippen LogP contribution in [0.4, 0.5) is 0 Å². The summed E-state index contributed by atoms with van der Waals surface area (Å²) >= 11 is 1.81. The second-order valence-electron chi connectivity index (χ2n) is 4.87. The molecule has 0 amide bonds. The Kier molecular flexibility index (Phi) is 5.07. The van der Waals surface area contributed by atoms with Crippen molar-refractivity contribution in [3.8, 4) is 0 Å². The minimum atomic E-state index is 0.0586. The molecule has 0 spiro atoms. The first-order chi connectivity index (χ1) is 9.18. The van der Waals surface area contributed by atoms with Crippen LogP contribution < -0.4 is 5.73 Å². The van der Waals surface area contributed by atoms with Crippen LogP contribution in [0.15, 0.2) is 41.9 Å². The molecule has 19 heavy (non-hydrogen) atoms. The largest absolute Gasteiger partial charge is 0.326 e. The maximum absolute atomic E-state index is 6.14. The molecular formula is C15H21N3S. The molecule has 0 aliphatic heterocycles. The van der Waals surface area contributed by atoms with Gasteiger partial charge < -0.3 is 5.73 Å². The highest BCUT2D eigenvalue weighted by molar-refractivity contribution is 7.09. The molecular weight excluding hydrogens is 254 g/mol. The van der Waals surface area contributed by atoms with Gasteiger partial charge in [-0.2, -0.15) is 0 Å². The van der Waals surface area contributed by atoms with Gasteiger partial charge in [0.2, 0.25) is 0 Å². The van der Waals surface area contributed by atoms with Gasteiger partial charge in [0.15, 0.2) is 0 Å². The average molecular weight is 275 g/mol. The van der Waals surface area contributed by atoms with Crippen molar-refractivity contribution >= 4 is 11.3 Å². The Balaban J connectivity index is 2.03. The quantitative estimate of drug-likeness (QED) is 0.881. The number of likely N-dealkylation sites (N-methyl/N-ethyl adjacent to an activating group) is 1. The predicted molar refractivity (Wildman–Crippen MR) is 81.3 cm³/mol. The molecule has 2 rings (SSSR count). The third-order valence-electron chi connectivity index (χ3n) is 3.25. The summed E-state index contributed by atoms with van der Waals surface area (Å²) in [5.74, 6) is 0. The monoisotopic (exact) mass is 275 g/mol. The lowest BCUT2D eigenvalue weighted by Crippen LogP contribution is -2.38. The van der Waals surface area contributed by atoms with E-state index < -0.39 is 0 Å². The summed E-state index contributed by atoms with van der Waals surface area (Å²) in [7, 11) is 2.12. The molecule has 2 aromatic heterocycles. The minimum absolute atomic E-state index is 0.0586. The van der Waals surface area contributed by atoms with Crippen LogP contribution in [0, 0.1) is 0 Å². The van der Waals surface area contributed by atoms with Crippen LogP contribution in [0.5, 0.6) is 0 Å². The van der Waals surface area contributed by atoms with Crippen molar-refractivity contribution in [1.29, 1.82) is 0 Å². The standard InChI is InChI=1S/C15H21N3S/c1-12(16)15(14-7-3-4-9-17-14)18(2)10-8-13-6-5-11-19-13/h3-7,9,11-12,15H,8,10,16H2,1-2H3. The van der Waals surface area contributed by atoms with E-state index in [1.54, 1.807) is 0 Å². The molecule has 102 valence electrons. The molecule has 0 aliphatic carbocycles. The Morgan fingerprint density at radius 2 is 2.16 bits per heavy atom. The minimum Gasteiger partial charge on any atom is -0.326 e. The van der Waals surface area contributed by atoms with Crippen molar-refractivity contribution in [3.05, 3.63) is 52.5 Å². The smallest absolute Gasteiger partial charge is 0.0668 e. The zero-order chi connectivity index (χ0) is 13.7. The average Bonchev–Trinajstić information content (AvgIpc) is 2.90. The normalized spacial score (nSPS) is 14.5. The lowest BCUT2D eigenvalue weighted by atomic mass is 10.0. The van der Waals surface area contributed by atoms with Crippen LogP contribution in [0.1, 0.15) is 23.5 Å². The third kappa shape index (κ3) is 3.86. The molecule has 2 N–H and O–H groups in total. The second-order valence-corrected chi connectivity index (χ2v) is 5.90. The van der Waals surface area contributed by atoms with E-state index in [2.05, 4.69) is 40.5 Å². The maximum atomic E-state index is 6.14. The van der Waals surface area contributed by atoms with Crippen molar-refractivity contribution in [2.24, 2.45) is 5.73 Å². The highest BCUT2D eigenvalue weighted by atomic mass is 32.1. The van der Waals surface area contributed by atoms with Crippen molar-refractivity contribution in [1.82, 2.24) is 9.88 Å². The van der Waals surface area contributed by atoms with Gasteiger partial charge in [0, 0.05) is 23.7 Å². The van der Waals surface area contributed by atoms with Crippen molar-refractivity contribution < 1.29 is 0 Å². The summed E-state index contributed by atoms with van der Waals surface area (Å²) in [6, 6.07) is 10.5. The molecule has 0 bridgehead atoms. The molecule has 0 radical (unpaired) electrons. The predicted octanol–water partition coefficient (Wildman–Crippen LogP) is 2.71. The maximum Gasteiger partial charge on any atom is 0.0668 e. The van der Waals surface area contributed by atoms with E-state index in [1.807, 2.05) is 36.6 Å². The Labute approximate surface area is 119 Å². The number of nitrogens with zero attached hydrogens (tertiary/aromatic N) is 2. The van der Waals surface area contributed by atoms with E-state index in [-0.39, 0.29) is 12.1 Å². The molecule has 2 aromatic rings. The summed E-state index contributed by atoms with van der Waals surface area (Å²) < 4.78 is 0. The van der Waals surface area contributed by atoms with Crippen molar-refractivity contribution in [3.63, 3.8) is 0 Å². The fraction of sp³-hybridized carbons (Fsp3) is 0.400. The van der Waals surface area contributed by atoms with E-state index in [0.29, 0.717) is 0 Å². The van der Waals surface area contributed by atoms with Crippen LogP contribution in [-0.2, 0) is 6.42 Å². The van der Waals surface area contributed by atoms with Gasteiger partial charge in [0.05, 0.1) is 11.7 Å². The van der Waals surface area contributed by atoms with Gasteiger partial charge in [-0.1, -0.05) is 12.1 Å². The first-order valence-electron chi connectivity index (χ1n) is 6.57. The van der Waals surface area contributed by atoms with Gasteiger partial charge in [-0.25, -0.2) is 0 Å².